The van der Waals surface area contributed by atoms with Crippen LogP contribution in [0.2, 0.25) is 0 Å². The van der Waals surface area contributed by atoms with Gasteiger partial charge in [-0.1, -0.05) is 28.1 Å². The van der Waals surface area contributed by atoms with Crippen molar-refractivity contribution in [2.24, 2.45) is 5.73 Å². The maximum Gasteiger partial charge on any atom is 0.250 e. The van der Waals surface area contributed by atoms with Gasteiger partial charge in [0.25, 0.3) is 5.91 Å². The first kappa shape index (κ1) is 13.4. The molecule has 2 aromatic carbocycles. The highest BCUT2D eigenvalue weighted by atomic mass is 79.9. The standard InChI is InChI=1S/C16H10BrN3O/c17-13-6-5-11(16(19)21)15-12(13)7-14(20-15)10-3-1-9(8-18)2-4-10/h1-7,20H,(H2,19,21). The number of nitrogens with two attached hydrogens (primary N) is 1. The van der Waals surface area contributed by atoms with Crippen LogP contribution in [0.1, 0.15) is 15.9 Å². The zero-order valence-corrected chi connectivity index (χ0v) is 12.4. The molecule has 0 aliphatic carbocycles. The van der Waals surface area contributed by atoms with Gasteiger partial charge < -0.3 is 10.7 Å². The van der Waals surface area contributed by atoms with Crippen molar-refractivity contribution in [3.05, 3.63) is 58.1 Å². The third-order valence-corrected chi connectivity index (χ3v) is 4.02. The monoisotopic (exact) mass is 339 g/mol. The molecule has 0 bridgehead atoms. The predicted octanol–water partition coefficient (Wildman–Crippen LogP) is 3.57. The summed E-state index contributed by atoms with van der Waals surface area (Å²) >= 11 is 3.47. The summed E-state index contributed by atoms with van der Waals surface area (Å²) in [6, 6.07) is 14.8. The normalized spacial score (nSPS) is 10.5. The number of rotatable bonds is 2. The van der Waals surface area contributed by atoms with Crippen LogP contribution in [0.25, 0.3) is 22.2 Å². The highest BCUT2D eigenvalue weighted by molar-refractivity contribution is 9.10. The van der Waals surface area contributed by atoms with E-state index < -0.39 is 5.91 Å². The number of aromatic amines is 1. The van der Waals surface area contributed by atoms with Gasteiger partial charge in [-0.25, -0.2) is 0 Å². The minimum absolute atomic E-state index is 0.452. The molecule has 3 N–H and O–H groups in total. The van der Waals surface area contributed by atoms with Crippen molar-refractivity contribution in [3.8, 4) is 17.3 Å². The zero-order valence-electron chi connectivity index (χ0n) is 10.9. The highest BCUT2D eigenvalue weighted by Gasteiger charge is 2.13. The Labute approximate surface area is 129 Å². The quantitative estimate of drug-likeness (QED) is 0.748. The largest absolute Gasteiger partial charge is 0.366 e. The van der Waals surface area contributed by atoms with E-state index in [9.17, 15) is 4.79 Å². The summed E-state index contributed by atoms with van der Waals surface area (Å²) in [6.07, 6.45) is 0. The number of H-pyrrole nitrogens is 1. The van der Waals surface area contributed by atoms with E-state index in [1.54, 1.807) is 24.3 Å². The Morgan fingerprint density at radius 2 is 1.90 bits per heavy atom. The molecule has 0 radical (unpaired) electrons. The smallest absolute Gasteiger partial charge is 0.250 e. The molecular weight excluding hydrogens is 330 g/mol. The molecule has 0 atom stereocenters. The number of carbonyl (C=O) groups excluding carboxylic acids is 1. The van der Waals surface area contributed by atoms with Crippen LogP contribution >= 0.6 is 15.9 Å². The Kier molecular flexibility index (Phi) is 3.24. The molecule has 21 heavy (non-hydrogen) atoms. The van der Waals surface area contributed by atoms with E-state index >= 15 is 0 Å². The maximum atomic E-state index is 11.5. The summed E-state index contributed by atoms with van der Waals surface area (Å²) in [7, 11) is 0. The fourth-order valence-electron chi connectivity index (χ4n) is 2.27. The molecule has 0 aliphatic heterocycles. The van der Waals surface area contributed by atoms with Crippen molar-refractivity contribution in [2.75, 3.05) is 0 Å². The third kappa shape index (κ3) is 2.30. The average molecular weight is 340 g/mol. The number of benzene rings is 2. The number of nitrogens with zero attached hydrogens (tertiary/aromatic N) is 1. The molecule has 1 aromatic heterocycles. The molecule has 102 valence electrons. The van der Waals surface area contributed by atoms with Crippen LogP contribution in [-0.2, 0) is 0 Å². The van der Waals surface area contributed by atoms with Crippen LogP contribution < -0.4 is 5.73 Å². The van der Waals surface area contributed by atoms with Crippen molar-refractivity contribution in [1.82, 2.24) is 4.98 Å². The summed E-state index contributed by atoms with van der Waals surface area (Å²) in [6.45, 7) is 0. The fourth-order valence-corrected chi connectivity index (χ4v) is 2.72. The van der Waals surface area contributed by atoms with Crippen molar-refractivity contribution in [3.63, 3.8) is 0 Å². The van der Waals surface area contributed by atoms with Gasteiger partial charge in [0.1, 0.15) is 0 Å². The van der Waals surface area contributed by atoms with Crippen LogP contribution in [-0.4, -0.2) is 10.9 Å². The van der Waals surface area contributed by atoms with E-state index in [0.29, 0.717) is 16.6 Å². The molecule has 3 aromatic rings. The number of hydrogen-bond donors (Lipinski definition) is 2. The summed E-state index contributed by atoms with van der Waals surface area (Å²) in [4.78, 5) is 14.7. The Morgan fingerprint density at radius 3 is 2.52 bits per heavy atom. The first-order chi connectivity index (χ1) is 10.1. The minimum atomic E-state index is -0.472. The van der Waals surface area contributed by atoms with Gasteiger partial charge in [0, 0.05) is 15.6 Å². The second-order valence-electron chi connectivity index (χ2n) is 4.62. The maximum absolute atomic E-state index is 11.5. The van der Waals surface area contributed by atoms with Crippen molar-refractivity contribution < 1.29 is 4.79 Å². The van der Waals surface area contributed by atoms with Gasteiger partial charge in [0.15, 0.2) is 0 Å². The number of hydrogen-bond acceptors (Lipinski definition) is 2. The molecule has 0 fully saturated rings. The molecule has 0 aliphatic rings. The molecule has 0 unspecified atom stereocenters. The van der Waals surface area contributed by atoms with Crippen LogP contribution in [0.15, 0.2) is 46.9 Å². The lowest BCUT2D eigenvalue weighted by Gasteiger charge is -2.00. The van der Waals surface area contributed by atoms with E-state index in [4.69, 9.17) is 11.0 Å². The lowest BCUT2D eigenvalue weighted by atomic mass is 10.1. The second-order valence-corrected chi connectivity index (χ2v) is 5.47. The van der Waals surface area contributed by atoms with E-state index in [2.05, 4.69) is 27.0 Å². The van der Waals surface area contributed by atoms with Gasteiger partial charge in [0.05, 0.1) is 22.7 Å². The number of nitriles is 1. The zero-order chi connectivity index (χ0) is 15.0. The number of nitrogens with one attached hydrogen (secondary N) is 1. The number of aromatic nitrogens is 1. The van der Waals surface area contributed by atoms with E-state index in [-0.39, 0.29) is 0 Å². The third-order valence-electron chi connectivity index (χ3n) is 3.33. The van der Waals surface area contributed by atoms with Crippen LogP contribution in [0.5, 0.6) is 0 Å². The Hall–Kier alpha value is -2.58. The van der Waals surface area contributed by atoms with Gasteiger partial charge in [-0.3, -0.25) is 4.79 Å². The molecule has 3 rings (SSSR count). The minimum Gasteiger partial charge on any atom is -0.366 e. The second kappa shape index (κ2) is 5.08. The Bertz CT molecular complexity index is 888. The molecule has 0 saturated heterocycles. The number of amides is 1. The van der Waals surface area contributed by atoms with E-state index in [1.807, 2.05) is 18.2 Å². The lowest BCUT2D eigenvalue weighted by molar-refractivity contribution is 0.100. The summed E-state index contributed by atoms with van der Waals surface area (Å²) in [5.41, 5.74) is 8.97. The van der Waals surface area contributed by atoms with Gasteiger partial charge in [-0.2, -0.15) is 5.26 Å². The topological polar surface area (TPSA) is 82.7 Å². The van der Waals surface area contributed by atoms with Crippen LogP contribution in [0.4, 0.5) is 0 Å². The first-order valence-electron chi connectivity index (χ1n) is 6.21. The van der Waals surface area contributed by atoms with Crippen LogP contribution in [0.3, 0.4) is 0 Å². The molecule has 1 amide bonds. The van der Waals surface area contributed by atoms with Gasteiger partial charge in [-0.05, 0) is 35.9 Å². The van der Waals surface area contributed by atoms with Crippen LogP contribution in [0, 0.1) is 11.3 Å². The lowest BCUT2D eigenvalue weighted by Crippen LogP contribution is -2.11. The van der Waals surface area contributed by atoms with Crippen molar-refractivity contribution in [1.29, 1.82) is 5.26 Å². The molecule has 0 saturated carbocycles. The Balaban J connectivity index is 2.20. The average Bonchev–Trinajstić information content (AvgIpc) is 2.93. The first-order valence-corrected chi connectivity index (χ1v) is 7.01. The molecular formula is C16H10BrN3O. The van der Waals surface area contributed by atoms with Gasteiger partial charge >= 0.3 is 0 Å². The number of carbonyl (C=O) groups is 1. The number of primary amides is 1. The summed E-state index contributed by atoms with van der Waals surface area (Å²) in [5.74, 6) is -0.472. The molecule has 1 heterocycles. The van der Waals surface area contributed by atoms with Crippen molar-refractivity contribution in [2.45, 2.75) is 0 Å². The van der Waals surface area contributed by atoms with Crippen molar-refractivity contribution >= 4 is 32.7 Å². The molecule has 4 nitrogen and oxygen atoms in total. The fraction of sp³-hybridized carbons (Fsp3) is 0. The molecule has 5 heteroatoms. The SMILES string of the molecule is N#Cc1ccc(-c2cc3c(Br)ccc(C(N)=O)c3[nH]2)cc1. The van der Waals surface area contributed by atoms with E-state index in [1.165, 1.54) is 0 Å². The summed E-state index contributed by atoms with van der Waals surface area (Å²) in [5, 5.41) is 9.73. The molecule has 0 spiro atoms. The van der Waals surface area contributed by atoms with Gasteiger partial charge in [0.2, 0.25) is 0 Å². The van der Waals surface area contributed by atoms with E-state index in [0.717, 1.165) is 21.1 Å². The number of fused-ring (bicyclic) bond motifs is 1. The number of halogens is 1. The highest BCUT2D eigenvalue weighted by Crippen LogP contribution is 2.31. The van der Waals surface area contributed by atoms with Gasteiger partial charge in [-0.15, -0.1) is 0 Å². The summed E-state index contributed by atoms with van der Waals surface area (Å²) < 4.78 is 0.888. The predicted molar refractivity (Wildman–Crippen MR) is 84.7 cm³/mol. The Morgan fingerprint density at radius 1 is 1.19 bits per heavy atom.